The van der Waals surface area contributed by atoms with Gasteiger partial charge >= 0.3 is 12.1 Å². The molecule has 2 aliphatic rings. The fraction of sp³-hybridized carbons (Fsp3) is 0.333. The number of nitrogens with zero attached hydrogens (tertiary/aromatic N) is 8. The number of nitrogens with one attached hydrogen (secondary N) is 1. The molecule has 49 heavy (non-hydrogen) atoms. The Labute approximate surface area is 280 Å². The molecule has 0 bridgehead atoms. The molecule has 0 radical (unpaired) electrons. The summed E-state index contributed by atoms with van der Waals surface area (Å²) in [6.07, 6.45) is 0.0426. The average Bonchev–Trinajstić information content (AvgIpc) is 3.08. The predicted octanol–water partition coefficient (Wildman–Crippen LogP) is 0.258. The Morgan fingerprint density at radius 1 is 0.755 bits per heavy atom. The highest BCUT2D eigenvalue weighted by Crippen LogP contribution is 2.36. The van der Waals surface area contributed by atoms with E-state index in [1.54, 1.807) is 0 Å². The minimum absolute atomic E-state index is 0.0426. The summed E-state index contributed by atoms with van der Waals surface area (Å²) in [5.74, 6) is -3.83. The number of azo groups is 2. The van der Waals surface area contributed by atoms with Crippen LogP contribution in [0.25, 0.3) is 11.1 Å². The first-order valence-corrected chi connectivity index (χ1v) is 16.6. The normalized spacial score (nSPS) is 17.8. The van der Waals surface area contributed by atoms with Crippen LogP contribution in [0.1, 0.15) is 6.42 Å². The fourth-order valence-corrected chi connectivity index (χ4v) is 6.42. The van der Waals surface area contributed by atoms with E-state index in [-0.39, 0.29) is 42.1 Å². The molecule has 0 aromatic heterocycles. The minimum Gasteiger partial charge on any atom is -0.768 e. The summed E-state index contributed by atoms with van der Waals surface area (Å²) < 4.78 is 53.9. The van der Waals surface area contributed by atoms with E-state index >= 15 is 0 Å². The van der Waals surface area contributed by atoms with Crippen LogP contribution < -0.4 is 4.72 Å². The number of amides is 8. The van der Waals surface area contributed by atoms with Crippen LogP contribution in [0.5, 0.6) is 0 Å². The number of rotatable bonds is 11. The smallest absolute Gasteiger partial charge is 0.333 e. The van der Waals surface area contributed by atoms with Gasteiger partial charge in [0.05, 0.1) is 16.3 Å². The lowest BCUT2D eigenvalue weighted by Crippen LogP contribution is -2.58. The van der Waals surface area contributed by atoms with Crippen molar-refractivity contribution in [1.29, 1.82) is 0 Å². The van der Waals surface area contributed by atoms with Crippen LogP contribution in [-0.2, 0) is 40.3 Å². The molecule has 2 aromatic carbocycles. The van der Waals surface area contributed by atoms with E-state index in [9.17, 15) is 45.9 Å². The van der Waals surface area contributed by atoms with Gasteiger partial charge in [-0.15, -0.1) is 0 Å². The van der Waals surface area contributed by atoms with E-state index in [1.807, 2.05) is 0 Å². The molecule has 2 fully saturated rings. The van der Waals surface area contributed by atoms with Gasteiger partial charge in [0.1, 0.15) is 0 Å². The zero-order valence-corrected chi connectivity index (χ0v) is 27.8. The van der Waals surface area contributed by atoms with E-state index in [4.69, 9.17) is 5.11 Å². The number of barbiturate groups is 2. The summed E-state index contributed by atoms with van der Waals surface area (Å²) >= 11 is -3.01. The topological polar surface area (TPSA) is 271 Å². The standard InChI is InChI=1S/C27H29N9O11S2/c1-33-22(38)20(23(39)34(2)26(33)42)31-29-14-6-8-16(18(12-14)48(44)45)17-9-7-15(13-19(17)49(46,47)28-10-5-11-37)30-32-21-24(40)35(3)27(43)36(4)25(21)41/h6-9,12-13,20-21,28,37H,5,10-11H2,1-4H3,(H,44,45)/p-1. The van der Waals surface area contributed by atoms with Gasteiger partial charge in [0, 0.05) is 51.8 Å². The highest BCUT2D eigenvalue weighted by atomic mass is 32.2. The van der Waals surface area contributed by atoms with Crippen molar-refractivity contribution in [2.75, 3.05) is 41.3 Å². The van der Waals surface area contributed by atoms with Gasteiger partial charge in [-0.1, -0.05) is 12.1 Å². The lowest BCUT2D eigenvalue weighted by molar-refractivity contribution is -0.144. The Bertz CT molecular complexity index is 1900. The van der Waals surface area contributed by atoms with E-state index in [0.29, 0.717) is 19.6 Å². The number of likely N-dealkylation sites (N-methyl/N-ethyl adjacent to an activating group) is 4. The lowest BCUT2D eigenvalue weighted by Gasteiger charge is -2.30. The number of benzene rings is 2. The highest BCUT2D eigenvalue weighted by Gasteiger charge is 2.44. The molecule has 1 unspecified atom stereocenters. The van der Waals surface area contributed by atoms with Gasteiger partial charge in [0.15, 0.2) is 0 Å². The van der Waals surface area contributed by atoms with Crippen LogP contribution in [0.4, 0.5) is 21.0 Å². The number of aliphatic hydroxyl groups excluding tert-OH is 1. The van der Waals surface area contributed by atoms with E-state index in [2.05, 4.69) is 25.2 Å². The zero-order valence-electron chi connectivity index (χ0n) is 26.2. The molecule has 20 nitrogen and oxygen atoms in total. The maximum atomic E-state index is 13.4. The van der Waals surface area contributed by atoms with Crippen molar-refractivity contribution in [3.8, 4) is 11.1 Å². The molecule has 22 heteroatoms. The van der Waals surface area contributed by atoms with Crippen molar-refractivity contribution in [2.45, 2.75) is 28.3 Å². The molecule has 2 heterocycles. The Hall–Kier alpha value is -5.16. The van der Waals surface area contributed by atoms with Gasteiger partial charge in [-0.2, -0.15) is 20.5 Å². The first-order valence-electron chi connectivity index (χ1n) is 14.0. The lowest BCUT2D eigenvalue weighted by atomic mass is 10.0. The van der Waals surface area contributed by atoms with Gasteiger partial charge < -0.3 is 9.66 Å². The van der Waals surface area contributed by atoms with Gasteiger partial charge in [-0.25, -0.2) is 22.7 Å². The second-order valence-corrected chi connectivity index (χ2v) is 13.1. The fourth-order valence-electron chi connectivity index (χ4n) is 4.53. The SMILES string of the molecule is CN1C(=O)C(N=Nc2ccc(-c3ccc(N=NC4C(=O)N(C)C(=O)N(C)C4=O)cc3S(=O)(=O)NCCCO)c(S(=O)[O-])c2)C(=O)N(C)C1=O. The molecule has 1 atom stereocenters. The summed E-state index contributed by atoms with van der Waals surface area (Å²) in [4.78, 5) is 75.7. The third kappa shape index (κ3) is 7.31. The van der Waals surface area contributed by atoms with E-state index < -0.39 is 78.7 Å². The Morgan fingerprint density at radius 3 is 1.61 bits per heavy atom. The first-order chi connectivity index (χ1) is 23.0. The number of carbonyl (C=O) groups excluding carboxylic acids is 6. The number of imide groups is 4. The van der Waals surface area contributed by atoms with Crippen LogP contribution in [0.3, 0.4) is 0 Å². The van der Waals surface area contributed by atoms with Crippen LogP contribution >= 0.6 is 0 Å². The van der Waals surface area contributed by atoms with Crippen LogP contribution in [0, 0.1) is 0 Å². The number of carbonyl (C=O) groups is 6. The molecule has 2 aromatic rings. The maximum absolute atomic E-state index is 13.4. The molecule has 0 spiro atoms. The monoisotopic (exact) mass is 718 g/mol. The summed E-state index contributed by atoms with van der Waals surface area (Å²) in [6, 6.07) is 1.72. The third-order valence-electron chi connectivity index (χ3n) is 7.30. The number of urea groups is 2. The Kier molecular flexibility index (Phi) is 10.9. The van der Waals surface area contributed by atoms with Crippen molar-refractivity contribution in [3.05, 3.63) is 36.4 Å². The molecule has 8 amide bonds. The number of sulfonamides is 1. The predicted molar refractivity (Wildman–Crippen MR) is 164 cm³/mol. The first kappa shape index (κ1) is 36.7. The van der Waals surface area contributed by atoms with Crippen molar-refractivity contribution in [2.24, 2.45) is 20.5 Å². The molecule has 2 N–H and O–H groups in total. The quantitative estimate of drug-likeness (QED) is 0.138. The third-order valence-corrected chi connectivity index (χ3v) is 9.50. The molecule has 4 rings (SSSR count). The minimum atomic E-state index is -4.44. The largest absolute Gasteiger partial charge is 0.768 e. The zero-order chi connectivity index (χ0) is 36.4. The van der Waals surface area contributed by atoms with Crippen molar-refractivity contribution < 1.29 is 51.1 Å². The number of aliphatic hydroxyl groups is 1. The Balaban J connectivity index is 1.76. The number of hydrogen-bond donors (Lipinski definition) is 2. The van der Waals surface area contributed by atoms with Gasteiger partial charge in [-0.3, -0.25) is 43.0 Å². The molecule has 0 saturated carbocycles. The van der Waals surface area contributed by atoms with Crippen molar-refractivity contribution >= 4 is 68.2 Å². The number of hydrogen-bond acceptors (Lipinski definition) is 15. The van der Waals surface area contributed by atoms with Gasteiger partial charge in [0.25, 0.3) is 23.6 Å². The molecular weight excluding hydrogens is 690 g/mol. The second kappa shape index (κ2) is 14.5. The Morgan fingerprint density at radius 2 is 1.18 bits per heavy atom. The van der Waals surface area contributed by atoms with Crippen molar-refractivity contribution in [1.82, 2.24) is 24.3 Å². The van der Waals surface area contributed by atoms with E-state index in [1.165, 1.54) is 24.3 Å². The molecular formula is C27H28N9O11S2-. The second-order valence-electron chi connectivity index (χ2n) is 10.5. The molecule has 2 saturated heterocycles. The van der Waals surface area contributed by atoms with Crippen LogP contribution in [0.2, 0.25) is 0 Å². The summed E-state index contributed by atoms with van der Waals surface area (Å²) in [5.41, 5.74) is -0.587. The van der Waals surface area contributed by atoms with E-state index in [0.717, 1.165) is 40.3 Å². The van der Waals surface area contributed by atoms with Crippen LogP contribution in [0.15, 0.2) is 66.6 Å². The average molecular weight is 719 g/mol. The van der Waals surface area contributed by atoms with Crippen LogP contribution in [-0.4, -0.2) is 131 Å². The molecule has 2 aliphatic heterocycles. The molecule has 0 aliphatic carbocycles. The van der Waals surface area contributed by atoms with Crippen molar-refractivity contribution in [3.63, 3.8) is 0 Å². The highest BCUT2D eigenvalue weighted by molar-refractivity contribution is 7.89. The summed E-state index contributed by atoms with van der Waals surface area (Å²) in [5, 5.41) is 24.3. The van der Waals surface area contributed by atoms with Gasteiger partial charge in [0.2, 0.25) is 22.1 Å². The van der Waals surface area contributed by atoms with Gasteiger partial charge in [-0.05, 0) is 47.3 Å². The summed E-state index contributed by atoms with van der Waals surface area (Å²) in [7, 11) is 0.145. The summed E-state index contributed by atoms with van der Waals surface area (Å²) in [6.45, 7) is -0.537. The molecule has 260 valence electrons. The maximum Gasteiger partial charge on any atom is 0.333 e.